The van der Waals surface area contributed by atoms with Crippen LogP contribution in [0.25, 0.3) is 0 Å². The minimum absolute atomic E-state index is 0.00598. The third-order valence-corrected chi connectivity index (χ3v) is 7.15. The van der Waals surface area contributed by atoms with Crippen LogP contribution in [0, 0.1) is 11.8 Å². The predicted molar refractivity (Wildman–Crippen MR) is 122 cm³/mol. The van der Waals surface area contributed by atoms with Gasteiger partial charge in [-0.1, -0.05) is 56.3 Å². The summed E-state index contributed by atoms with van der Waals surface area (Å²) in [4.78, 5) is 30.7. The fourth-order valence-corrected chi connectivity index (χ4v) is 5.34. The molecule has 3 atom stereocenters. The number of aldehydes is 1. The van der Waals surface area contributed by atoms with Gasteiger partial charge in [-0.2, -0.15) is 0 Å². The van der Waals surface area contributed by atoms with E-state index in [9.17, 15) is 9.59 Å². The molecule has 0 aromatic heterocycles. The van der Waals surface area contributed by atoms with Crippen molar-refractivity contribution in [1.82, 2.24) is 4.90 Å². The third kappa shape index (κ3) is 5.81. The van der Waals surface area contributed by atoms with Gasteiger partial charge in [0.05, 0.1) is 10.9 Å². The molecule has 1 saturated carbocycles. The predicted octanol–water partition coefficient (Wildman–Crippen LogP) is 5.54. The van der Waals surface area contributed by atoms with Gasteiger partial charge >= 0.3 is 0 Å². The number of thioether (sulfide) groups is 1. The summed E-state index contributed by atoms with van der Waals surface area (Å²) in [6, 6.07) is 8.09. The molecule has 3 unspecified atom stereocenters. The molecule has 1 aromatic rings. The van der Waals surface area contributed by atoms with Gasteiger partial charge < -0.3 is 4.79 Å². The Bertz CT molecular complexity index is 772. The number of amidine groups is 1. The Morgan fingerprint density at radius 3 is 2.55 bits per heavy atom. The van der Waals surface area contributed by atoms with Gasteiger partial charge in [0.15, 0.2) is 5.17 Å². The maximum Gasteiger partial charge on any atom is 0.230 e. The van der Waals surface area contributed by atoms with E-state index in [4.69, 9.17) is 4.99 Å². The van der Waals surface area contributed by atoms with Crippen molar-refractivity contribution in [3.63, 3.8) is 0 Å². The molecule has 1 heterocycles. The van der Waals surface area contributed by atoms with Gasteiger partial charge in [-0.15, -0.1) is 0 Å². The maximum absolute atomic E-state index is 12.8. The van der Waals surface area contributed by atoms with Crippen molar-refractivity contribution >= 4 is 34.8 Å². The summed E-state index contributed by atoms with van der Waals surface area (Å²) in [5.41, 5.74) is 3.43. The first-order valence-corrected chi connectivity index (χ1v) is 11.7. The summed E-state index contributed by atoms with van der Waals surface area (Å²) in [7, 11) is 0. The van der Waals surface area contributed by atoms with E-state index in [0.29, 0.717) is 17.6 Å². The van der Waals surface area contributed by atoms with Crippen molar-refractivity contribution in [2.75, 3.05) is 6.54 Å². The molecule has 3 rings (SSSR count). The van der Waals surface area contributed by atoms with E-state index in [0.717, 1.165) is 43.6 Å². The second-order valence-electron chi connectivity index (χ2n) is 8.28. The smallest absolute Gasteiger partial charge is 0.230 e. The Hall–Kier alpha value is -1.88. The molecule has 0 spiro atoms. The van der Waals surface area contributed by atoms with Crippen molar-refractivity contribution in [2.24, 2.45) is 16.8 Å². The molecule has 1 aliphatic heterocycles. The zero-order valence-electron chi connectivity index (χ0n) is 17.6. The summed E-state index contributed by atoms with van der Waals surface area (Å²) < 4.78 is 0. The summed E-state index contributed by atoms with van der Waals surface area (Å²) >= 11 is 1.41. The molecule has 0 bridgehead atoms. The molecular formula is C24H32N2O2S. The van der Waals surface area contributed by atoms with Gasteiger partial charge in [-0.3, -0.25) is 9.69 Å². The topological polar surface area (TPSA) is 49.7 Å². The summed E-state index contributed by atoms with van der Waals surface area (Å²) in [5.74, 6) is 1.30. The molecule has 1 amide bonds. The minimum Gasteiger partial charge on any atom is -0.302 e. The van der Waals surface area contributed by atoms with E-state index in [2.05, 4.69) is 32.6 Å². The second kappa shape index (κ2) is 10.2. The Morgan fingerprint density at radius 2 is 1.90 bits per heavy atom. The zero-order valence-corrected chi connectivity index (χ0v) is 18.4. The Labute approximate surface area is 178 Å². The third-order valence-electron chi connectivity index (χ3n) is 6.05. The molecule has 4 nitrogen and oxygen atoms in total. The van der Waals surface area contributed by atoms with Crippen LogP contribution in [-0.4, -0.2) is 34.1 Å². The van der Waals surface area contributed by atoms with Gasteiger partial charge in [-0.25, -0.2) is 4.99 Å². The first-order chi connectivity index (χ1) is 14.0. The molecule has 29 heavy (non-hydrogen) atoms. The van der Waals surface area contributed by atoms with Gasteiger partial charge in [-0.05, 0) is 61.6 Å². The summed E-state index contributed by atoms with van der Waals surface area (Å²) in [6.07, 6.45) is 7.68. The minimum atomic E-state index is -0.341. The lowest BCUT2D eigenvalue weighted by Crippen LogP contribution is -2.43. The highest BCUT2D eigenvalue weighted by Gasteiger charge is 2.32. The van der Waals surface area contributed by atoms with Gasteiger partial charge in [0.25, 0.3) is 0 Å². The number of hydrogen-bond acceptors (Lipinski definition) is 4. The highest BCUT2D eigenvalue weighted by molar-refractivity contribution is 8.15. The van der Waals surface area contributed by atoms with Crippen LogP contribution >= 0.6 is 11.8 Å². The van der Waals surface area contributed by atoms with Crippen LogP contribution < -0.4 is 0 Å². The quantitative estimate of drug-likeness (QED) is 0.436. The number of hydrogen-bond donors (Lipinski definition) is 0. The fraction of sp³-hybridized carbons (Fsp3) is 0.542. The number of carbonyl (C=O) groups excluding carboxylic acids is 2. The van der Waals surface area contributed by atoms with Crippen LogP contribution in [0.15, 0.2) is 41.4 Å². The maximum atomic E-state index is 12.8. The normalized spacial score (nSPS) is 26.8. The number of amides is 1. The molecule has 156 valence electrons. The largest absolute Gasteiger partial charge is 0.302 e. The Morgan fingerprint density at radius 1 is 1.17 bits per heavy atom. The molecule has 1 aliphatic carbocycles. The van der Waals surface area contributed by atoms with Gasteiger partial charge in [0.2, 0.25) is 5.91 Å². The van der Waals surface area contributed by atoms with Crippen LogP contribution in [-0.2, 0) is 16.0 Å². The van der Waals surface area contributed by atoms with Crippen molar-refractivity contribution in [2.45, 2.75) is 64.0 Å². The molecule has 0 radical (unpaired) electrons. The number of carbonyl (C=O) groups is 2. The molecule has 5 heteroatoms. The monoisotopic (exact) mass is 412 g/mol. The number of nitrogens with zero attached hydrogens (tertiary/aromatic N) is 2. The van der Waals surface area contributed by atoms with E-state index in [-0.39, 0.29) is 17.6 Å². The van der Waals surface area contributed by atoms with E-state index in [1.807, 2.05) is 12.1 Å². The highest BCUT2D eigenvalue weighted by atomic mass is 32.2. The van der Waals surface area contributed by atoms with Crippen molar-refractivity contribution < 1.29 is 9.59 Å². The van der Waals surface area contributed by atoms with Gasteiger partial charge in [0.1, 0.15) is 6.29 Å². The highest BCUT2D eigenvalue weighted by Crippen LogP contribution is 2.36. The van der Waals surface area contributed by atoms with Crippen molar-refractivity contribution in [3.8, 4) is 0 Å². The molecule has 1 aromatic carbocycles. The lowest BCUT2D eigenvalue weighted by Gasteiger charge is -2.34. The van der Waals surface area contributed by atoms with E-state index < -0.39 is 0 Å². The van der Waals surface area contributed by atoms with Crippen LogP contribution in [0.1, 0.15) is 57.9 Å². The molecular weight excluding hydrogens is 380 g/mol. The number of rotatable bonds is 7. The van der Waals surface area contributed by atoms with Crippen LogP contribution in [0.3, 0.4) is 0 Å². The zero-order chi connectivity index (χ0) is 20.8. The lowest BCUT2D eigenvalue weighted by molar-refractivity contribution is -0.128. The first kappa shape index (κ1) is 21.8. The fourth-order valence-electron chi connectivity index (χ4n) is 4.31. The lowest BCUT2D eigenvalue weighted by atomic mass is 9.76. The summed E-state index contributed by atoms with van der Waals surface area (Å²) in [6.45, 7) is 9.27. The van der Waals surface area contributed by atoms with E-state index >= 15 is 0 Å². The molecule has 0 N–H and O–H groups in total. The van der Waals surface area contributed by atoms with Crippen LogP contribution in [0.2, 0.25) is 0 Å². The van der Waals surface area contributed by atoms with Crippen molar-refractivity contribution in [1.29, 1.82) is 0 Å². The number of aryl methyl sites for hydroxylation is 1. The number of allylic oxidation sites excluding steroid dienone is 1. The Kier molecular flexibility index (Phi) is 7.70. The Balaban J connectivity index is 1.74. The van der Waals surface area contributed by atoms with Crippen LogP contribution in [0.5, 0.6) is 0 Å². The first-order valence-electron chi connectivity index (χ1n) is 10.8. The van der Waals surface area contributed by atoms with Crippen molar-refractivity contribution in [3.05, 3.63) is 42.0 Å². The molecule has 2 fully saturated rings. The average molecular weight is 413 g/mol. The number of aliphatic imine (C=N–C) groups is 1. The van der Waals surface area contributed by atoms with Crippen LogP contribution in [0.4, 0.5) is 5.69 Å². The number of benzene rings is 1. The average Bonchev–Trinajstić information content (AvgIpc) is 2.73. The second-order valence-corrected chi connectivity index (χ2v) is 9.49. The summed E-state index contributed by atoms with van der Waals surface area (Å²) in [5, 5.41) is 0.315. The standard InChI is InChI=1S/C24H32N2O2S/c1-4-18-6-8-21(9-7-18)25-24-26(23(28)15-22(16-27)29-24)11-10-20-13-17(3)12-19(5-2)14-20/h6-9,16,19-20,22H,3-5,10-15H2,1-2H3. The SMILES string of the molecule is C=C1CC(CC)CC(CCN2C(=O)CC(C=O)SC2=Nc2ccc(CC)cc2)C1. The van der Waals surface area contributed by atoms with E-state index in [1.165, 1.54) is 35.7 Å². The molecule has 2 aliphatic rings. The van der Waals surface area contributed by atoms with Gasteiger partial charge in [0, 0.05) is 13.0 Å². The van der Waals surface area contributed by atoms with E-state index in [1.54, 1.807) is 4.90 Å². The molecule has 1 saturated heterocycles.